The fraction of sp³-hybridized carbons (Fsp3) is 0.520. The van der Waals surface area contributed by atoms with Crippen molar-refractivity contribution in [3.8, 4) is 0 Å². The van der Waals surface area contributed by atoms with E-state index in [9.17, 15) is 4.79 Å². The summed E-state index contributed by atoms with van der Waals surface area (Å²) in [6.07, 6.45) is 10.5. The molecule has 35 heavy (non-hydrogen) atoms. The van der Waals surface area contributed by atoms with Crippen LogP contribution in [0.3, 0.4) is 0 Å². The third kappa shape index (κ3) is 9.74. The molecule has 1 atom stereocenters. The molecule has 2 fully saturated rings. The summed E-state index contributed by atoms with van der Waals surface area (Å²) in [5.41, 5.74) is 15.6. The summed E-state index contributed by atoms with van der Waals surface area (Å²) in [5, 5.41) is 3.42. The molecule has 1 aromatic heterocycles. The highest BCUT2D eigenvalue weighted by Crippen LogP contribution is 2.34. The molecule has 1 saturated heterocycles. The van der Waals surface area contributed by atoms with Gasteiger partial charge < -0.3 is 21.7 Å². The van der Waals surface area contributed by atoms with Gasteiger partial charge in [0.15, 0.2) is 5.82 Å². The van der Waals surface area contributed by atoms with Gasteiger partial charge in [0.1, 0.15) is 12.0 Å². The zero-order valence-corrected chi connectivity index (χ0v) is 23.1. The molecule has 1 saturated carbocycles. The van der Waals surface area contributed by atoms with Crippen LogP contribution in [0.1, 0.15) is 57.2 Å². The molecule has 1 unspecified atom stereocenters. The Kier molecular flexibility index (Phi) is 12.4. The van der Waals surface area contributed by atoms with Crippen LogP contribution in [0.15, 0.2) is 27.9 Å². The predicted molar refractivity (Wildman–Crippen MR) is 150 cm³/mol. The number of aromatic nitrogens is 2. The largest absolute Gasteiger partial charge is 0.382 e. The molecule has 5 N–H and O–H groups in total. The molecule has 1 aromatic carbocycles. The first-order chi connectivity index (χ1) is 16.8. The molecule has 2 aromatic rings. The third-order valence-corrected chi connectivity index (χ3v) is 6.53. The van der Waals surface area contributed by atoms with Crippen LogP contribution in [0, 0.1) is 6.92 Å². The number of hydrogen-bond donors (Lipinski definition) is 3. The van der Waals surface area contributed by atoms with Crippen molar-refractivity contribution in [1.82, 2.24) is 15.3 Å². The molecule has 1 amide bonds. The Labute approximate surface area is 222 Å². The van der Waals surface area contributed by atoms with Crippen LogP contribution in [-0.2, 0) is 11.2 Å². The number of carbonyl (C=O) groups excluding carboxylic acids is 1. The number of nitrogens with one attached hydrogen (secondary N) is 1. The van der Waals surface area contributed by atoms with E-state index < -0.39 is 0 Å². The molecule has 4 rings (SSSR count). The molecule has 1 aliphatic carbocycles. The fourth-order valence-corrected chi connectivity index (χ4v) is 4.58. The summed E-state index contributed by atoms with van der Waals surface area (Å²) in [6.45, 7) is 8.09. The molecule has 1 aliphatic heterocycles. The average molecular weight is 567 g/mol. The van der Waals surface area contributed by atoms with Crippen molar-refractivity contribution < 1.29 is 4.79 Å². The molecular formula is C25H37BrClN7O. The van der Waals surface area contributed by atoms with E-state index in [2.05, 4.69) is 55.0 Å². The number of anilines is 2. The smallest absolute Gasteiger partial charge is 0.207 e. The van der Waals surface area contributed by atoms with Gasteiger partial charge in [-0.2, -0.15) is 0 Å². The second-order valence-electron chi connectivity index (χ2n) is 8.59. The topological polar surface area (TPSA) is 123 Å². The Hall–Kier alpha value is -2.23. The van der Waals surface area contributed by atoms with E-state index in [1.807, 2.05) is 25.3 Å². The van der Waals surface area contributed by atoms with Gasteiger partial charge in [0, 0.05) is 46.6 Å². The van der Waals surface area contributed by atoms with Crippen molar-refractivity contribution in [3.05, 3.63) is 39.2 Å². The maximum Gasteiger partial charge on any atom is 0.207 e. The van der Waals surface area contributed by atoms with Crippen molar-refractivity contribution >= 4 is 57.3 Å². The van der Waals surface area contributed by atoms with E-state index in [-0.39, 0.29) is 0 Å². The van der Waals surface area contributed by atoms with Crippen LogP contribution < -0.4 is 21.7 Å². The average Bonchev–Trinajstić information content (AvgIpc) is 3.53. The lowest BCUT2D eigenvalue weighted by molar-refractivity contribution is -0.109. The predicted octanol–water partition coefficient (Wildman–Crippen LogP) is 4.97. The number of aliphatic imine (C=N–C) groups is 1. The number of halogens is 2. The molecule has 2 heterocycles. The summed E-state index contributed by atoms with van der Waals surface area (Å²) in [6, 6.07) is 4.83. The molecule has 8 nitrogen and oxygen atoms in total. The van der Waals surface area contributed by atoms with Crippen LogP contribution in [-0.4, -0.2) is 47.8 Å². The highest BCUT2D eigenvalue weighted by Gasteiger charge is 2.22. The minimum absolute atomic E-state index is 0.294. The van der Waals surface area contributed by atoms with E-state index in [1.165, 1.54) is 30.4 Å². The maximum atomic E-state index is 9.54. The molecule has 192 valence electrons. The quantitative estimate of drug-likeness (QED) is 0.321. The van der Waals surface area contributed by atoms with Gasteiger partial charge in [0.2, 0.25) is 6.41 Å². The minimum atomic E-state index is 0.294. The maximum absolute atomic E-state index is 9.54. The minimum Gasteiger partial charge on any atom is -0.382 e. The fourth-order valence-electron chi connectivity index (χ4n) is 3.50. The van der Waals surface area contributed by atoms with Gasteiger partial charge in [-0.25, -0.2) is 9.97 Å². The number of amides is 1. The summed E-state index contributed by atoms with van der Waals surface area (Å²) in [5.74, 6) is 0.444. The van der Waals surface area contributed by atoms with E-state index in [0.717, 1.165) is 60.4 Å². The van der Waals surface area contributed by atoms with Crippen molar-refractivity contribution in [3.63, 3.8) is 0 Å². The molecular weight excluding hydrogens is 530 g/mol. The van der Waals surface area contributed by atoms with Crippen LogP contribution in [0.5, 0.6) is 0 Å². The second-order valence-corrected chi connectivity index (χ2v) is 9.88. The lowest BCUT2D eigenvalue weighted by atomic mass is 10.1. The Morgan fingerprint density at radius 1 is 1.29 bits per heavy atom. The van der Waals surface area contributed by atoms with Gasteiger partial charge in [0.05, 0.1) is 5.69 Å². The van der Waals surface area contributed by atoms with Crippen molar-refractivity contribution in [2.24, 2.45) is 10.7 Å². The van der Waals surface area contributed by atoms with E-state index in [4.69, 9.17) is 23.1 Å². The molecule has 0 bridgehead atoms. The standard InChI is InChI=1S/C12H16BrClN2.C9H14N4.C4H7NO/c1-2-10-11(13)5-8(14)6-12(10)16-4-3-9(15)7-16;1-3-4-5-11-8-7(2)12-6-13-9(8)10;6-3-5-4-1-2-4/h5-6,9H,2-4,7,15H2,1H3;5-6H,3-4H2,1-2H3,(H2,10,12,13);3-4H,1-2H2,(H,5,6). The van der Waals surface area contributed by atoms with Gasteiger partial charge in [-0.15, -0.1) is 0 Å². The zero-order chi connectivity index (χ0) is 25.8. The Bertz CT molecular complexity index is 964. The summed E-state index contributed by atoms with van der Waals surface area (Å²) >= 11 is 9.68. The first-order valence-corrected chi connectivity index (χ1v) is 13.2. The van der Waals surface area contributed by atoms with Crippen molar-refractivity contribution in [2.75, 3.05) is 23.7 Å². The number of nitrogens with two attached hydrogens (primary N) is 2. The molecule has 2 aliphatic rings. The van der Waals surface area contributed by atoms with Gasteiger partial charge in [-0.1, -0.05) is 47.8 Å². The number of nitrogen functional groups attached to an aromatic ring is 1. The zero-order valence-electron chi connectivity index (χ0n) is 20.8. The summed E-state index contributed by atoms with van der Waals surface area (Å²) in [4.78, 5) is 24.0. The number of rotatable bonds is 7. The monoisotopic (exact) mass is 565 g/mol. The molecule has 10 heteroatoms. The van der Waals surface area contributed by atoms with Crippen LogP contribution >= 0.6 is 27.5 Å². The first-order valence-electron chi connectivity index (χ1n) is 12.1. The highest BCUT2D eigenvalue weighted by atomic mass is 79.9. The Morgan fingerprint density at radius 2 is 2.03 bits per heavy atom. The number of unbranched alkanes of at least 4 members (excludes halogenated alkanes) is 1. The van der Waals surface area contributed by atoms with E-state index in [0.29, 0.717) is 23.6 Å². The SMILES string of the molecule is CCCC=Nc1c(C)ncnc1N.CCc1c(Br)cc(Cl)cc1N1CCC(N)C1.O=CNC1CC1. The van der Waals surface area contributed by atoms with Gasteiger partial charge in [0.25, 0.3) is 0 Å². The summed E-state index contributed by atoms with van der Waals surface area (Å²) < 4.78 is 1.10. The Balaban J connectivity index is 0.000000203. The van der Waals surface area contributed by atoms with Crippen LogP contribution in [0.4, 0.5) is 17.2 Å². The van der Waals surface area contributed by atoms with Gasteiger partial charge in [-0.05, 0) is 56.7 Å². The number of aryl methyl sites for hydroxylation is 1. The summed E-state index contributed by atoms with van der Waals surface area (Å²) in [7, 11) is 0. The number of carbonyl (C=O) groups is 1. The Morgan fingerprint density at radius 3 is 2.54 bits per heavy atom. The van der Waals surface area contributed by atoms with Crippen LogP contribution in [0.2, 0.25) is 5.02 Å². The number of hydrogen-bond acceptors (Lipinski definition) is 7. The molecule has 0 radical (unpaired) electrons. The lowest BCUT2D eigenvalue weighted by Crippen LogP contribution is -2.27. The van der Waals surface area contributed by atoms with E-state index >= 15 is 0 Å². The van der Waals surface area contributed by atoms with Crippen molar-refractivity contribution in [2.45, 2.75) is 71.4 Å². The second kappa shape index (κ2) is 15.0. The lowest BCUT2D eigenvalue weighted by Gasteiger charge is -2.22. The van der Waals surface area contributed by atoms with Crippen molar-refractivity contribution in [1.29, 1.82) is 0 Å². The third-order valence-electron chi connectivity index (χ3n) is 5.61. The van der Waals surface area contributed by atoms with Gasteiger partial charge in [-0.3, -0.25) is 9.79 Å². The van der Waals surface area contributed by atoms with E-state index in [1.54, 1.807) is 0 Å². The van der Waals surface area contributed by atoms with Gasteiger partial charge >= 0.3 is 0 Å². The first kappa shape index (κ1) is 29.0. The van der Waals surface area contributed by atoms with Crippen LogP contribution in [0.25, 0.3) is 0 Å². The number of benzene rings is 1. The highest BCUT2D eigenvalue weighted by molar-refractivity contribution is 9.10. The molecule has 0 spiro atoms. The number of nitrogens with zero attached hydrogens (tertiary/aromatic N) is 4. The normalized spacial score (nSPS) is 16.9.